The predicted molar refractivity (Wildman–Crippen MR) is 73.3 cm³/mol. The number of rotatable bonds is 1. The second-order valence-electron chi connectivity index (χ2n) is 4.62. The summed E-state index contributed by atoms with van der Waals surface area (Å²) >= 11 is 3.42. The number of aromatic nitrogens is 2. The molecule has 0 radical (unpaired) electrons. The lowest BCUT2D eigenvalue weighted by Crippen LogP contribution is -2.13. The lowest BCUT2D eigenvalue weighted by molar-refractivity contribution is 0.0972. The maximum atomic E-state index is 11.8. The average molecular weight is 305 g/mol. The first-order valence-corrected chi connectivity index (χ1v) is 6.82. The molecule has 2 aromatic heterocycles. The zero-order chi connectivity index (χ0) is 12.7. The minimum Gasteiger partial charge on any atom is -0.305 e. The van der Waals surface area contributed by atoms with E-state index in [0.717, 1.165) is 40.0 Å². The normalized spacial score (nSPS) is 14.7. The number of carbonyl (C=O) groups is 1. The van der Waals surface area contributed by atoms with Crippen LogP contribution in [0.1, 0.15) is 34.5 Å². The van der Waals surface area contributed by atoms with E-state index >= 15 is 0 Å². The van der Waals surface area contributed by atoms with E-state index < -0.39 is 0 Å². The van der Waals surface area contributed by atoms with E-state index in [0.29, 0.717) is 6.42 Å². The highest BCUT2D eigenvalue weighted by Gasteiger charge is 2.21. The van der Waals surface area contributed by atoms with Gasteiger partial charge in [-0.25, -0.2) is 4.98 Å². The van der Waals surface area contributed by atoms with Gasteiger partial charge in [-0.2, -0.15) is 0 Å². The van der Waals surface area contributed by atoms with Crippen molar-refractivity contribution in [1.29, 1.82) is 0 Å². The summed E-state index contributed by atoms with van der Waals surface area (Å²) < 4.78 is 3.02. The van der Waals surface area contributed by atoms with Gasteiger partial charge >= 0.3 is 0 Å². The molecule has 0 bridgehead atoms. The highest BCUT2D eigenvalue weighted by Crippen LogP contribution is 2.26. The van der Waals surface area contributed by atoms with Gasteiger partial charge in [0.05, 0.1) is 0 Å². The molecule has 4 heteroatoms. The quantitative estimate of drug-likeness (QED) is 0.808. The molecule has 0 saturated carbocycles. The molecule has 2 heterocycles. The third-order valence-electron chi connectivity index (χ3n) is 3.36. The number of hydrogen-bond acceptors (Lipinski definition) is 2. The standard InChI is InChI=1S/C14H13BrN2O/c1-9-7-10(15)8-16-14(9)17-6-5-11-12(17)3-2-4-13(11)18/h5-8H,2-4H2,1H3. The molecular formula is C14H13BrN2O. The molecule has 0 atom stereocenters. The Hall–Kier alpha value is -1.42. The number of nitrogens with zero attached hydrogens (tertiary/aromatic N) is 2. The Morgan fingerprint density at radius 3 is 3.00 bits per heavy atom. The molecule has 0 fully saturated rings. The van der Waals surface area contributed by atoms with Crippen molar-refractivity contribution in [2.24, 2.45) is 0 Å². The van der Waals surface area contributed by atoms with E-state index in [1.807, 2.05) is 29.8 Å². The Labute approximate surface area is 114 Å². The fraction of sp³-hybridized carbons (Fsp3) is 0.286. The SMILES string of the molecule is Cc1cc(Br)cnc1-n1ccc2c1CCCC2=O. The van der Waals surface area contributed by atoms with E-state index in [4.69, 9.17) is 0 Å². The van der Waals surface area contributed by atoms with Crippen molar-refractivity contribution >= 4 is 21.7 Å². The molecule has 0 spiro atoms. The second-order valence-corrected chi connectivity index (χ2v) is 5.53. The summed E-state index contributed by atoms with van der Waals surface area (Å²) in [6, 6.07) is 3.96. The molecule has 92 valence electrons. The Kier molecular flexibility index (Phi) is 2.82. The van der Waals surface area contributed by atoms with Crippen LogP contribution in [0.2, 0.25) is 0 Å². The van der Waals surface area contributed by atoms with Crippen molar-refractivity contribution < 1.29 is 4.79 Å². The summed E-state index contributed by atoms with van der Waals surface area (Å²) in [6.45, 7) is 2.03. The molecule has 2 aromatic rings. The zero-order valence-electron chi connectivity index (χ0n) is 10.1. The van der Waals surface area contributed by atoms with Gasteiger partial charge in [0.2, 0.25) is 0 Å². The maximum absolute atomic E-state index is 11.8. The number of pyridine rings is 1. The van der Waals surface area contributed by atoms with Crippen molar-refractivity contribution in [2.45, 2.75) is 26.2 Å². The number of Topliss-reactive ketones (excluding diaryl/α,β-unsaturated/α-hetero) is 1. The van der Waals surface area contributed by atoms with Gasteiger partial charge in [0, 0.05) is 34.5 Å². The van der Waals surface area contributed by atoms with Gasteiger partial charge in [-0.1, -0.05) is 0 Å². The topological polar surface area (TPSA) is 34.9 Å². The smallest absolute Gasteiger partial charge is 0.164 e. The lowest BCUT2D eigenvalue weighted by Gasteiger charge is -2.15. The molecule has 18 heavy (non-hydrogen) atoms. The summed E-state index contributed by atoms with van der Waals surface area (Å²) in [5.74, 6) is 1.17. The van der Waals surface area contributed by atoms with Crippen LogP contribution in [0.4, 0.5) is 0 Å². The first-order valence-electron chi connectivity index (χ1n) is 6.03. The van der Waals surface area contributed by atoms with Crippen LogP contribution in [0.3, 0.4) is 0 Å². The number of halogens is 1. The van der Waals surface area contributed by atoms with Gasteiger partial charge in [0.25, 0.3) is 0 Å². The molecule has 3 nitrogen and oxygen atoms in total. The molecule has 0 N–H and O–H groups in total. The summed E-state index contributed by atoms with van der Waals surface area (Å²) in [5.41, 5.74) is 3.07. The number of ketones is 1. The molecular weight excluding hydrogens is 292 g/mol. The largest absolute Gasteiger partial charge is 0.305 e. The van der Waals surface area contributed by atoms with Gasteiger partial charge in [0.15, 0.2) is 5.78 Å². The van der Waals surface area contributed by atoms with Crippen LogP contribution in [-0.2, 0) is 6.42 Å². The first-order chi connectivity index (χ1) is 8.66. The summed E-state index contributed by atoms with van der Waals surface area (Å²) in [6.07, 6.45) is 6.30. The summed E-state index contributed by atoms with van der Waals surface area (Å²) in [4.78, 5) is 16.3. The van der Waals surface area contributed by atoms with Crippen LogP contribution in [0, 0.1) is 6.92 Å². The Bertz CT molecular complexity index is 631. The van der Waals surface area contributed by atoms with Gasteiger partial charge in [-0.15, -0.1) is 0 Å². The van der Waals surface area contributed by atoms with Gasteiger partial charge < -0.3 is 4.57 Å². The molecule has 0 unspecified atom stereocenters. The molecule has 3 rings (SSSR count). The number of hydrogen-bond donors (Lipinski definition) is 0. The third-order valence-corrected chi connectivity index (χ3v) is 3.79. The lowest BCUT2D eigenvalue weighted by atomic mass is 9.97. The van der Waals surface area contributed by atoms with Gasteiger partial charge in [-0.05, 0) is 53.4 Å². The molecule has 1 aliphatic carbocycles. The minimum absolute atomic E-state index is 0.254. The van der Waals surface area contributed by atoms with Crippen molar-refractivity contribution in [3.8, 4) is 5.82 Å². The fourth-order valence-corrected chi connectivity index (χ4v) is 2.95. The second kappa shape index (κ2) is 4.35. The van der Waals surface area contributed by atoms with Crippen LogP contribution in [0.15, 0.2) is 29.0 Å². The van der Waals surface area contributed by atoms with Crippen LogP contribution in [0.25, 0.3) is 5.82 Å². The van der Waals surface area contributed by atoms with E-state index in [1.165, 1.54) is 0 Å². The van der Waals surface area contributed by atoms with Crippen LogP contribution >= 0.6 is 15.9 Å². The van der Waals surface area contributed by atoms with Crippen molar-refractivity contribution in [3.63, 3.8) is 0 Å². The molecule has 0 saturated heterocycles. The Morgan fingerprint density at radius 2 is 2.22 bits per heavy atom. The van der Waals surface area contributed by atoms with Gasteiger partial charge in [0.1, 0.15) is 5.82 Å². The monoisotopic (exact) mass is 304 g/mol. The fourth-order valence-electron chi connectivity index (χ4n) is 2.51. The van der Waals surface area contributed by atoms with E-state index in [1.54, 1.807) is 6.20 Å². The number of carbonyl (C=O) groups excluding carboxylic acids is 1. The van der Waals surface area contributed by atoms with E-state index in [-0.39, 0.29) is 5.78 Å². The van der Waals surface area contributed by atoms with Crippen molar-refractivity contribution in [3.05, 3.63) is 45.8 Å². The average Bonchev–Trinajstić information content (AvgIpc) is 2.74. The highest BCUT2D eigenvalue weighted by atomic mass is 79.9. The molecule has 0 amide bonds. The number of fused-ring (bicyclic) bond motifs is 1. The van der Waals surface area contributed by atoms with E-state index in [9.17, 15) is 4.79 Å². The predicted octanol–water partition coefficient (Wildman–Crippen LogP) is 3.46. The zero-order valence-corrected chi connectivity index (χ0v) is 11.7. The third kappa shape index (κ3) is 1.81. The van der Waals surface area contributed by atoms with Crippen molar-refractivity contribution in [1.82, 2.24) is 9.55 Å². The van der Waals surface area contributed by atoms with Crippen LogP contribution < -0.4 is 0 Å². The summed E-state index contributed by atoms with van der Waals surface area (Å²) in [7, 11) is 0. The van der Waals surface area contributed by atoms with Crippen molar-refractivity contribution in [2.75, 3.05) is 0 Å². The maximum Gasteiger partial charge on any atom is 0.164 e. The van der Waals surface area contributed by atoms with Gasteiger partial charge in [-0.3, -0.25) is 4.79 Å². The van der Waals surface area contributed by atoms with E-state index in [2.05, 4.69) is 20.9 Å². The Morgan fingerprint density at radius 1 is 1.39 bits per heavy atom. The number of aryl methyl sites for hydroxylation is 1. The Balaban J connectivity index is 2.15. The molecule has 1 aliphatic rings. The summed E-state index contributed by atoms with van der Waals surface area (Å²) in [5, 5.41) is 0. The van der Waals surface area contributed by atoms with Crippen LogP contribution in [-0.4, -0.2) is 15.3 Å². The molecule has 0 aliphatic heterocycles. The first kappa shape index (κ1) is 11.7. The molecule has 0 aromatic carbocycles. The minimum atomic E-state index is 0.254. The van der Waals surface area contributed by atoms with Crippen LogP contribution in [0.5, 0.6) is 0 Å². The highest BCUT2D eigenvalue weighted by molar-refractivity contribution is 9.10.